The summed E-state index contributed by atoms with van der Waals surface area (Å²) < 4.78 is 0.922. The van der Waals surface area contributed by atoms with Gasteiger partial charge in [0.05, 0.1) is 0 Å². The Morgan fingerprint density at radius 3 is 2.64 bits per heavy atom. The van der Waals surface area contributed by atoms with E-state index in [0.29, 0.717) is 5.69 Å². The Morgan fingerprint density at radius 2 is 2.27 bits per heavy atom. The predicted molar refractivity (Wildman–Crippen MR) is 42.2 cm³/mol. The molecule has 1 heterocycles. The Kier molecular flexibility index (Phi) is 4.07. The first kappa shape index (κ1) is 10.4. The predicted octanol–water partition coefficient (Wildman–Crippen LogP) is -3.69. The van der Waals surface area contributed by atoms with Gasteiger partial charge in [-0.15, -0.1) is 0 Å². The molecule has 0 aliphatic heterocycles. The van der Waals surface area contributed by atoms with Crippen molar-refractivity contribution in [2.45, 2.75) is 0 Å². The zero-order chi connectivity index (χ0) is 7.56. The fourth-order valence-electron chi connectivity index (χ4n) is 0.563. The van der Waals surface area contributed by atoms with Crippen molar-refractivity contribution >= 4 is 21.8 Å². The quantitative estimate of drug-likeness (QED) is 0.390. The van der Waals surface area contributed by atoms with Gasteiger partial charge in [0.1, 0.15) is 0 Å². The van der Waals surface area contributed by atoms with Crippen LogP contribution in [0.3, 0.4) is 0 Å². The molecule has 1 rings (SSSR count). The van der Waals surface area contributed by atoms with Crippen LogP contribution in [0.2, 0.25) is 0 Å². The fourth-order valence-corrected chi connectivity index (χ4v) is 0.898. The van der Waals surface area contributed by atoms with E-state index in [1.54, 1.807) is 12.3 Å². The first-order valence-corrected chi connectivity index (χ1v) is 3.49. The summed E-state index contributed by atoms with van der Waals surface area (Å²) in [5.74, 6) is 0.237. The van der Waals surface area contributed by atoms with Crippen molar-refractivity contribution < 1.29 is 17.8 Å². The number of nitrogens with two attached hydrogens (primary N) is 2. The van der Waals surface area contributed by atoms with Gasteiger partial charge in [0.15, 0.2) is 5.69 Å². The first-order valence-electron chi connectivity index (χ1n) is 2.70. The van der Waals surface area contributed by atoms with Crippen molar-refractivity contribution in [2.24, 2.45) is 5.73 Å². The highest BCUT2D eigenvalue weighted by atomic mass is 79.9. The lowest BCUT2D eigenvalue weighted by Crippen LogP contribution is -3.00. The van der Waals surface area contributed by atoms with Crippen LogP contribution >= 0.6 is 15.9 Å². The molecule has 0 atom stereocenters. The molecule has 0 aliphatic rings. The molecular weight excluding hydrogens is 229 g/mol. The van der Waals surface area contributed by atoms with Crippen LogP contribution in [-0.4, -0.2) is 10.8 Å². The smallest absolute Gasteiger partial charge is 0.289 e. The summed E-state index contributed by atoms with van der Waals surface area (Å²) in [7, 11) is 0. The molecule has 0 aromatic carbocycles. The van der Waals surface area contributed by atoms with Crippen molar-refractivity contribution in [1.82, 2.24) is 4.98 Å². The summed E-state index contributed by atoms with van der Waals surface area (Å²) in [5, 5.41) is 5.29. The third-order valence-corrected chi connectivity index (χ3v) is 1.51. The second-order valence-corrected chi connectivity index (χ2v) is 2.73. The van der Waals surface area contributed by atoms with Crippen LogP contribution in [-0.2, 0) is 0 Å². The molecular formula is C6H7BrClN3. The van der Waals surface area contributed by atoms with Gasteiger partial charge in [-0.3, -0.25) is 11.1 Å². The third-order valence-electron chi connectivity index (χ3n) is 1.02. The molecule has 3 nitrogen and oxygen atoms in total. The Morgan fingerprint density at radius 1 is 1.64 bits per heavy atom. The highest BCUT2D eigenvalue weighted by molar-refractivity contribution is 9.10. The molecule has 60 valence electrons. The highest BCUT2D eigenvalue weighted by Gasteiger charge is 2.01. The van der Waals surface area contributed by atoms with E-state index in [1.165, 1.54) is 0 Å². The van der Waals surface area contributed by atoms with Crippen LogP contribution < -0.4 is 23.5 Å². The molecule has 0 radical (unpaired) electrons. The van der Waals surface area contributed by atoms with Crippen molar-refractivity contribution in [3.63, 3.8) is 0 Å². The number of halogens is 2. The van der Waals surface area contributed by atoms with Crippen molar-refractivity contribution in [2.75, 3.05) is 0 Å². The van der Waals surface area contributed by atoms with Crippen LogP contribution in [0.25, 0.3) is 0 Å². The molecule has 0 bridgehead atoms. The van der Waals surface area contributed by atoms with Gasteiger partial charge in [0.2, 0.25) is 0 Å². The van der Waals surface area contributed by atoms with Crippen molar-refractivity contribution in [3.8, 4) is 0 Å². The SMILES string of the molecule is NC(=[NH2+])c1cc(Br)ccn1.[Cl-]. The number of hydrogen-bond acceptors (Lipinski definition) is 1. The molecule has 0 aliphatic carbocycles. The monoisotopic (exact) mass is 235 g/mol. The van der Waals surface area contributed by atoms with Crippen LogP contribution in [0.1, 0.15) is 5.69 Å². The number of aromatic nitrogens is 1. The number of rotatable bonds is 1. The highest BCUT2D eigenvalue weighted by Crippen LogP contribution is 2.07. The zero-order valence-corrected chi connectivity index (χ0v) is 7.93. The van der Waals surface area contributed by atoms with Gasteiger partial charge in [-0.1, -0.05) is 15.9 Å². The Labute approximate surface area is 79.1 Å². The number of pyridine rings is 1. The summed E-state index contributed by atoms with van der Waals surface area (Å²) in [6, 6.07) is 3.57. The largest absolute Gasteiger partial charge is 1.00 e. The van der Waals surface area contributed by atoms with E-state index < -0.39 is 0 Å². The lowest BCUT2D eigenvalue weighted by atomic mass is 10.3. The number of amidine groups is 1. The van der Waals surface area contributed by atoms with E-state index >= 15 is 0 Å². The summed E-state index contributed by atoms with van der Waals surface area (Å²) in [6.07, 6.45) is 1.64. The summed E-state index contributed by atoms with van der Waals surface area (Å²) in [4.78, 5) is 3.92. The minimum atomic E-state index is 0. The lowest BCUT2D eigenvalue weighted by molar-refractivity contribution is -0.114. The van der Waals surface area contributed by atoms with Crippen molar-refractivity contribution in [3.05, 3.63) is 28.5 Å². The van der Waals surface area contributed by atoms with Crippen LogP contribution in [0.5, 0.6) is 0 Å². The molecule has 0 saturated carbocycles. The second-order valence-electron chi connectivity index (χ2n) is 1.81. The van der Waals surface area contributed by atoms with E-state index in [4.69, 9.17) is 11.1 Å². The number of nitrogens with zero attached hydrogens (tertiary/aromatic N) is 1. The summed E-state index contributed by atoms with van der Waals surface area (Å²) in [5.41, 5.74) is 5.90. The normalized spacial score (nSPS) is 8.45. The molecule has 11 heavy (non-hydrogen) atoms. The topological polar surface area (TPSA) is 64.5 Å². The van der Waals surface area contributed by atoms with Crippen LogP contribution in [0.15, 0.2) is 22.8 Å². The van der Waals surface area contributed by atoms with Gasteiger partial charge in [0, 0.05) is 10.7 Å². The molecule has 0 amide bonds. The second kappa shape index (κ2) is 4.31. The maximum absolute atomic E-state index is 5.29. The third kappa shape index (κ3) is 2.86. The molecule has 0 spiro atoms. The molecule has 1 aromatic heterocycles. The van der Waals surface area contributed by atoms with E-state index in [1.807, 2.05) is 6.07 Å². The van der Waals surface area contributed by atoms with E-state index in [-0.39, 0.29) is 18.2 Å². The lowest BCUT2D eigenvalue weighted by Gasteiger charge is -1.91. The van der Waals surface area contributed by atoms with Gasteiger partial charge in [-0.2, -0.15) is 0 Å². The van der Waals surface area contributed by atoms with E-state index in [2.05, 4.69) is 20.9 Å². The molecule has 0 unspecified atom stereocenters. The maximum Gasteiger partial charge on any atom is 0.289 e. The average molecular weight is 236 g/mol. The maximum atomic E-state index is 5.29. The van der Waals surface area contributed by atoms with Gasteiger partial charge in [-0.25, -0.2) is 4.98 Å². The first-order chi connectivity index (χ1) is 4.70. The molecule has 0 fully saturated rings. The number of hydrogen-bond donors (Lipinski definition) is 2. The van der Waals surface area contributed by atoms with E-state index in [0.717, 1.165) is 4.47 Å². The summed E-state index contributed by atoms with van der Waals surface area (Å²) in [6.45, 7) is 0. The van der Waals surface area contributed by atoms with Gasteiger partial charge in [0.25, 0.3) is 5.84 Å². The fraction of sp³-hybridized carbons (Fsp3) is 0. The Bertz CT molecular complexity index is 264. The Hall–Kier alpha value is -0.610. The minimum absolute atomic E-state index is 0. The average Bonchev–Trinajstić information content (AvgIpc) is 1.88. The molecule has 4 N–H and O–H groups in total. The van der Waals surface area contributed by atoms with E-state index in [9.17, 15) is 0 Å². The van der Waals surface area contributed by atoms with Crippen LogP contribution in [0, 0.1) is 0 Å². The molecule has 1 aromatic rings. The van der Waals surface area contributed by atoms with Crippen molar-refractivity contribution in [1.29, 1.82) is 0 Å². The van der Waals surface area contributed by atoms with Gasteiger partial charge in [-0.05, 0) is 12.1 Å². The van der Waals surface area contributed by atoms with Gasteiger partial charge >= 0.3 is 0 Å². The Balaban J connectivity index is 0.000001000. The standard InChI is InChI=1S/C6H6BrN3.ClH/c7-4-1-2-10-5(3-4)6(8)9;/h1-3H,(H3,8,9);1H. The molecule has 5 heteroatoms. The minimum Gasteiger partial charge on any atom is -1.00 e. The van der Waals surface area contributed by atoms with Crippen LogP contribution in [0.4, 0.5) is 0 Å². The molecule has 0 saturated heterocycles. The van der Waals surface area contributed by atoms with Gasteiger partial charge < -0.3 is 12.4 Å². The summed E-state index contributed by atoms with van der Waals surface area (Å²) >= 11 is 3.27. The zero-order valence-electron chi connectivity index (χ0n) is 5.59.